The Bertz CT molecular complexity index is 1040. The first-order valence-corrected chi connectivity index (χ1v) is 13.4. The number of rotatable bonds is 15. The molecular formula is C29H41N3O4. The molecule has 2 aromatic rings. The van der Waals surface area contributed by atoms with Gasteiger partial charge in [0.25, 0.3) is 5.91 Å². The van der Waals surface area contributed by atoms with Crippen LogP contribution in [0.4, 0.5) is 5.69 Å². The second-order valence-corrected chi connectivity index (χ2v) is 10.1. The van der Waals surface area contributed by atoms with Gasteiger partial charge >= 0.3 is 0 Å². The maximum absolute atomic E-state index is 12.2. The number of benzene rings is 2. The van der Waals surface area contributed by atoms with Gasteiger partial charge in [0.2, 0.25) is 0 Å². The number of amides is 1. The Morgan fingerprint density at radius 2 is 2.03 bits per heavy atom. The van der Waals surface area contributed by atoms with Crippen LogP contribution in [0.25, 0.3) is 0 Å². The van der Waals surface area contributed by atoms with Crippen molar-refractivity contribution in [2.75, 3.05) is 44.4 Å². The number of nitrogens with two attached hydrogens (primary N) is 1. The van der Waals surface area contributed by atoms with E-state index in [0.717, 1.165) is 61.7 Å². The van der Waals surface area contributed by atoms with Crippen LogP contribution in [0.2, 0.25) is 0 Å². The smallest absolute Gasteiger partial charge is 0.250 e. The van der Waals surface area contributed by atoms with Crippen molar-refractivity contribution >= 4 is 11.6 Å². The Morgan fingerprint density at radius 3 is 2.75 bits per heavy atom. The van der Waals surface area contributed by atoms with Gasteiger partial charge in [0.1, 0.15) is 6.61 Å². The predicted octanol–water partition coefficient (Wildman–Crippen LogP) is 3.48. The number of nitrogens with one attached hydrogen (secondary N) is 1. The zero-order valence-corrected chi connectivity index (χ0v) is 21.7. The summed E-state index contributed by atoms with van der Waals surface area (Å²) >= 11 is 0. The van der Waals surface area contributed by atoms with E-state index < -0.39 is 5.91 Å². The molecule has 1 atom stereocenters. The highest BCUT2D eigenvalue weighted by molar-refractivity contribution is 6.00. The summed E-state index contributed by atoms with van der Waals surface area (Å²) in [7, 11) is 0. The van der Waals surface area contributed by atoms with E-state index in [-0.39, 0.29) is 12.6 Å². The number of aliphatic hydroxyl groups is 1. The van der Waals surface area contributed by atoms with Gasteiger partial charge < -0.3 is 30.5 Å². The molecule has 0 bridgehead atoms. The number of nitrogens with zero attached hydrogens (tertiary/aromatic N) is 1. The minimum Gasteiger partial charge on any atom is -0.489 e. The van der Waals surface area contributed by atoms with E-state index in [2.05, 4.69) is 42.3 Å². The molecular weight excluding hydrogens is 454 g/mol. The molecule has 0 radical (unpaired) electrons. The van der Waals surface area contributed by atoms with E-state index in [9.17, 15) is 9.90 Å². The monoisotopic (exact) mass is 495 g/mol. The lowest BCUT2D eigenvalue weighted by atomic mass is 9.98. The van der Waals surface area contributed by atoms with Crippen LogP contribution < -0.4 is 25.4 Å². The molecule has 7 nitrogen and oxygen atoms in total. The normalized spacial score (nSPS) is 15.6. The number of hydrogen-bond donors (Lipinski definition) is 3. The number of carbonyl (C=O) groups excluding carboxylic acids is 1. The number of primary amides is 1. The van der Waals surface area contributed by atoms with Gasteiger partial charge in [0, 0.05) is 32.3 Å². The summed E-state index contributed by atoms with van der Waals surface area (Å²) < 4.78 is 12.1. The summed E-state index contributed by atoms with van der Waals surface area (Å²) in [5, 5.41) is 12.7. The van der Waals surface area contributed by atoms with Gasteiger partial charge in [-0.25, -0.2) is 0 Å². The van der Waals surface area contributed by atoms with Crippen LogP contribution in [0, 0.1) is 5.92 Å². The molecule has 1 unspecified atom stereocenters. The second kappa shape index (κ2) is 12.5. The Balaban J connectivity index is 1.30. The number of anilines is 1. The molecule has 4 N–H and O–H groups in total. The van der Waals surface area contributed by atoms with Gasteiger partial charge in [0.15, 0.2) is 11.5 Å². The Kier molecular flexibility index (Phi) is 9.10. The van der Waals surface area contributed by atoms with E-state index in [1.54, 1.807) is 0 Å². The van der Waals surface area contributed by atoms with Crippen LogP contribution in [0.3, 0.4) is 0 Å². The number of fused-ring (bicyclic) bond motifs is 1. The van der Waals surface area contributed by atoms with Gasteiger partial charge in [-0.3, -0.25) is 4.79 Å². The number of aliphatic hydroxyl groups excluding tert-OH is 1. The molecule has 2 aromatic carbocycles. The van der Waals surface area contributed by atoms with E-state index in [1.807, 2.05) is 12.1 Å². The molecule has 0 aromatic heterocycles. The average molecular weight is 496 g/mol. The third-order valence-corrected chi connectivity index (χ3v) is 7.05. The minimum absolute atomic E-state index is 0.140. The van der Waals surface area contributed by atoms with Crippen molar-refractivity contribution in [3.05, 3.63) is 52.6 Å². The molecule has 196 valence electrons. The summed E-state index contributed by atoms with van der Waals surface area (Å²) in [6.07, 6.45) is 5.87. The zero-order valence-electron chi connectivity index (χ0n) is 21.7. The average Bonchev–Trinajstić information content (AvgIpc) is 3.62. The molecule has 7 heteroatoms. The van der Waals surface area contributed by atoms with E-state index in [0.29, 0.717) is 31.1 Å². The molecule has 1 saturated carbocycles. The summed E-state index contributed by atoms with van der Waals surface area (Å²) in [6.45, 7) is 8.05. The summed E-state index contributed by atoms with van der Waals surface area (Å²) in [6, 6.07) is 10.6. The number of carbonyl (C=O) groups is 1. The Hall–Kier alpha value is -2.77. The SMILES string of the molecule is CCc1ccc(OCCNC(C)Cc2cc3c(c(C(N)=O)c2)N(CCCO)CC3)c(OCC2CC2)c1. The van der Waals surface area contributed by atoms with Crippen molar-refractivity contribution in [3.8, 4) is 11.5 Å². The van der Waals surface area contributed by atoms with Crippen molar-refractivity contribution in [3.63, 3.8) is 0 Å². The van der Waals surface area contributed by atoms with Gasteiger partial charge in [-0.1, -0.05) is 19.1 Å². The quantitative estimate of drug-likeness (QED) is 0.327. The van der Waals surface area contributed by atoms with Crippen molar-refractivity contribution in [2.24, 2.45) is 11.7 Å². The lowest BCUT2D eigenvalue weighted by Crippen LogP contribution is -2.32. The largest absolute Gasteiger partial charge is 0.489 e. The van der Waals surface area contributed by atoms with Crippen LogP contribution in [-0.4, -0.2) is 56.5 Å². The molecule has 0 spiro atoms. The van der Waals surface area contributed by atoms with Crippen LogP contribution in [0.5, 0.6) is 11.5 Å². The topological polar surface area (TPSA) is 97.0 Å². The Morgan fingerprint density at radius 1 is 1.19 bits per heavy atom. The minimum atomic E-state index is -0.396. The molecule has 1 amide bonds. The van der Waals surface area contributed by atoms with Crippen LogP contribution in [0.15, 0.2) is 30.3 Å². The highest BCUT2D eigenvalue weighted by Gasteiger charge is 2.25. The lowest BCUT2D eigenvalue weighted by Gasteiger charge is -2.22. The lowest BCUT2D eigenvalue weighted by molar-refractivity contribution is 0.100. The first-order chi connectivity index (χ1) is 17.5. The predicted molar refractivity (Wildman–Crippen MR) is 143 cm³/mol. The van der Waals surface area contributed by atoms with E-state index >= 15 is 0 Å². The maximum Gasteiger partial charge on any atom is 0.250 e. The maximum atomic E-state index is 12.2. The first kappa shape index (κ1) is 26.3. The van der Waals surface area contributed by atoms with Gasteiger partial charge in [-0.15, -0.1) is 0 Å². The molecule has 1 aliphatic carbocycles. The van der Waals surface area contributed by atoms with Crippen LogP contribution in [0.1, 0.15) is 60.2 Å². The molecule has 4 rings (SSSR count). The van der Waals surface area contributed by atoms with Crippen molar-refractivity contribution in [1.29, 1.82) is 0 Å². The number of ether oxygens (including phenoxy) is 2. The third kappa shape index (κ3) is 6.92. The fourth-order valence-corrected chi connectivity index (χ4v) is 4.87. The fraction of sp³-hybridized carbons (Fsp3) is 0.552. The highest BCUT2D eigenvalue weighted by Crippen LogP contribution is 2.34. The van der Waals surface area contributed by atoms with Crippen molar-refractivity contribution < 1.29 is 19.4 Å². The Labute approximate surface area is 215 Å². The van der Waals surface area contributed by atoms with Crippen LogP contribution >= 0.6 is 0 Å². The van der Waals surface area contributed by atoms with Gasteiger partial charge in [0.05, 0.1) is 17.9 Å². The highest BCUT2D eigenvalue weighted by atomic mass is 16.5. The van der Waals surface area contributed by atoms with Crippen molar-refractivity contribution in [2.45, 2.75) is 58.4 Å². The molecule has 1 aliphatic heterocycles. The molecule has 36 heavy (non-hydrogen) atoms. The fourth-order valence-electron chi connectivity index (χ4n) is 4.87. The van der Waals surface area contributed by atoms with Crippen LogP contribution in [-0.2, 0) is 19.3 Å². The molecule has 1 heterocycles. The summed E-state index contributed by atoms with van der Waals surface area (Å²) in [5.41, 5.74) is 10.8. The molecule has 0 saturated heterocycles. The summed E-state index contributed by atoms with van der Waals surface area (Å²) in [5.74, 6) is 1.95. The van der Waals surface area contributed by atoms with Crippen molar-refractivity contribution in [1.82, 2.24) is 5.32 Å². The standard InChI is InChI=1S/C29H41N3O4/c1-3-21-7-8-26(27(18-21)36-19-22-5-6-22)35-14-10-31-20(2)15-23-16-24-9-12-32(11-4-13-33)28(24)25(17-23)29(30)34/h7-8,16-18,20,22,31,33H,3-6,9-15,19H2,1-2H3,(H2,30,34). The van der Waals surface area contributed by atoms with E-state index in [1.165, 1.54) is 24.0 Å². The molecule has 2 aliphatic rings. The number of hydrogen-bond acceptors (Lipinski definition) is 6. The van der Waals surface area contributed by atoms with E-state index in [4.69, 9.17) is 15.2 Å². The third-order valence-electron chi connectivity index (χ3n) is 7.05. The van der Waals surface area contributed by atoms with Gasteiger partial charge in [-0.05, 0) is 86.3 Å². The second-order valence-electron chi connectivity index (χ2n) is 10.1. The zero-order chi connectivity index (χ0) is 25.5. The van der Waals surface area contributed by atoms with Gasteiger partial charge in [-0.2, -0.15) is 0 Å². The summed E-state index contributed by atoms with van der Waals surface area (Å²) in [4.78, 5) is 14.4. The molecule has 1 fully saturated rings. The first-order valence-electron chi connectivity index (χ1n) is 13.4. The number of aryl methyl sites for hydroxylation is 1.